The van der Waals surface area contributed by atoms with E-state index in [1.807, 2.05) is 6.92 Å². The number of nitrogens with one attached hydrogen (secondary N) is 2. The van der Waals surface area contributed by atoms with Crippen molar-refractivity contribution in [2.24, 2.45) is 0 Å². The highest BCUT2D eigenvalue weighted by atomic mass is 16.6. The van der Waals surface area contributed by atoms with Crippen molar-refractivity contribution in [1.82, 2.24) is 15.5 Å². The number of aliphatic hydroxyl groups excluding tert-OH is 1. The average molecular weight is 448 g/mol. The third-order valence-corrected chi connectivity index (χ3v) is 4.37. The number of carbonyl (C=O) groups excluding carboxylic acids is 3. The zero-order valence-corrected chi connectivity index (χ0v) is 19.1. The van der Waals surface area contributed by atoms with Crippen molar-refractivity contribution >= 4 is 17.9 Å². The molecular formula is C23H33N3O6. The third-order valence-electron chi connectivity index (χ3n) is 4.37. The van der Waals surface area contributed by atoms with Crippen LogP contribution in [0.3, 0.4) is 0 Å². The summed E-state index contributed by atoms with van der Waals surface area (Å²) in [6, 6.07) is 5.33. The number of ether oxygens (including phenoxy) is 1. The second-order valence-corrected chi connectivity index (χ2v) is 8.18. The lowest BCUT2D eigenvalue weighted by molar-refractivity contribution is -0.139. The maximum Gasteiger partial charge on any atom is 0.408 e. The lowest BCUT2D eigenvalue weighted by atomic mass is 10.0. The van der Waals surface area contributed by atoms with E-state index in [4.69, 9.17) is 11.2 Å². The summed E-state index contributed by atoms with van der Waals surface area (Å²) in [6.07, 6.45) is 7.25. The van der Waals surface area contributed by atoms with E-state index >= 15 is 0 Å². The number of terminal acetylenes is 1. The second kappa shape index (κ2) is 12.6. The fraction of sp³-hybridized carbons (Fsp3) is 0.522. The van der Waals surface area contributed by atoms with E-state index in [-0.39, 0.29) is 11.3 Å². The van der Waals surface area contributed by atoms with Crippen molar-refractivity contribution in [2.45, 2.75) is 64.6 Å². The summed E-state index contributed by atoms with van der Waals surface area (Å²) in [4.78, 5) is 38.9. The van der Waals surface area contributed by atoms with E-state index in [0.717, 1.165) is 24.2 Å². The Kier molecular flexibility index (Phi) is 10.5. The van der Waals surface area contributed by atoms with Crippen LogP contribution in [0.5, 0.6) is 5.75 Å². The fourth-order valence-corrected chi connectivity index (χ4v) is 2.87. The molecule has 0 bridgehead atoms. The Labute approximate surface area is 189 Å². The molecule has 0 aliphatic carbocycles. The highest BCUT2D eigenvalue weighted by Crippen LogP contribution is 2.29. The molecule has 1 aromatic rings. The van der Waals surface area contributed by atoms with Gasteiger partial charge in [0.1, 0.15) is 17.4 Å². The number of hydrogen-bond donors (Lipinski definition) is 4. The quantitative estimate of drug-likeness (QED) is 0.247. The molecule has 0 aromatic heterocycles. The number of aliphatic hydroxyl groups is 1. The van der Waals surface area contributed by atoms with Crippen molar-refractivity contribution in [1.29, 1.82) is 0 Å². The van der Waals surface area contributed by atoms with Gasteiger partial charge in [-0.3, -0.25) is 14.5 Å². The van der Waals surface area contributed by atoms with Crippen LogP contribution in [-0.2, 0) is 14.3 Å². The lowest BCUT2D eigenvalue weighted by Gasteiger charge is -2.30. The molecule has 0 spiro atoms. The zero-order valence-electron chi connectivity index (χ0n) is 19.1. The molecule has 0 saturated heterocycles. The summed E-state index contributed by atoms with van der Waals surface area (Å²) in [7, 11) is 0. The number of aromatic hydroxyl groups is 1. The van der Waals surface area contributed by atoms with Gasteiger partial charge in [-0.05, 0) is 33.3 Å². The largest absolute Gasteiger partial charge is 0.508 e. The molecule has 2 atom stereocenters. The lowest BCUT2D eigenvalue weighted by Crippen LogP contribution is -2.53. The minimum absolute atomic E-state index is 0.112. The van der Waals surface area contributed by atoms with Crippen LogP contribution in [0.1, 0.15) is 58.6 Å². The number of amides is 3. The van der Waals surface area contributed by atoms with Crippen LogP contribution in [-0.4, -0.2) is 57.8 Å². The van der Waals surface area contributed by atoms with Gasteiger partial charge in [0, 0.05) is 18.2 Å². The Morgan fingerprint density at radius 2 is 1.88 bits per heavy atom. The maximum absolute atomic E-state index is 13.1. The third kappa shape index (κ3) is 8.12. The zero-order chi connectivity index (χ0) is 24.3. The van der Waals surface area contributed by atoms with Gasteiger partial charge in [-0.15, -0.1) is 0 Å². The van der Waals surface area contributed by atoms with Crippen LogP contribution in [0.25, 0.3) is 0 Å². The van der Waals surface area contributed by atoms with Gasteiger partial charge in [-0.1, -0.05) is 44.4 Å². The van der Waals surface area contributed by atoms with Crippen LogP contribution < -0.4 is 10.6 Å². The van der Waals surface area contributed by atoms with Crippen molar-refractivity contribution in [3.63, 3.8) is 0 Å². The summed E-state index contributed by atoms with van der Waals surface area (Å²) < 4.78 is 5.12. The molecule has 0 heterocycles. The number of hydrogen-bond acceptors (Lipinski definition) is 6. The monoisotopic (exact) mass is 447 g/mol. The number of rotatable bonds is 10. The minimum Gasteiger partial charge on any atom is -0.508 e. The van der Waals surface area contributed by atoms with Crippen LogP contribution in [0.15, 0.2) is 24.3 Å². The van der Waals surface area contributed by atoms with Crippen LogP contribution >= 0.6 is 0 Å². The Balaban J connectivity index is 3.19. The minimum atomic E-state index is -1.46. The number of alkyl carbamates (subject to hydrolysis) is 1. The highest BCUT2D eigenvalue weighted by Gasteiger charge is 2.36. The van der Waals surface area contributed by atoms with Gasteiger partial charge in [0.15, 0.2) is 6.04 Å². The predicted molar refractivity (Wildman–Crippen MR) is 119 cm³/mol. The van der Waals surface area contributed by atoms with Gasteiger partial charge in [-0.25, -0.2) is 4.79 Å². The number of carbonyl (C=O) groups is 3. The molecule has 3 amide bonds. The smallest absolute Gasteiger partial charge is 0.408 e. The van der Waals surface area contributed by atoms with Gasteiger partial charge in [-0.2, -0.15) is 0 Å². The summed E-state index contributed by atoms with van der Waals surface area (Å²) in [5, 5.41) is 25.0. The molecule has 4 N–H and O–H groups in total. The molecule has 2 unspecified atom stereocenters. The van der Waals surface area contributed by atoms with Gasteiger partial charge in [0.25, 0.3) is 5.91 Å². The van der Waals surface area contributed by atoms with E-state index in [1.165, 1.54) is 12.1 Å². The first-order valence-electron chi connectivity index (χ1n) is 10.5. The molecule has 0 aliphatic rings. The summed E-state index contributed by atoms with van der Waals surface area (Å²) in [5.41, 5.74) is -0.712. The Hall–Kier alpha value is -3.25. The molecule has 9 heteroatoms. The molecule has 176 valence electrons. The average Bonchev–Trinajstić information content (AvgIpc) is 2.72. The van der Waals surface area contributed by atoms with E-state index in [1.54, 1.807) is 32.9 Å². The molecular weight excluding hydrogens is 414 g/mol. The fourth-order valence-electron chi connectivity index (χ4n) is 2.87. The predicted octanol–water partition coefficient (Wildman–Crippen LogP) is 2.04. The standard InChI is InChI=1S/C23H33N3O6/c1-6-8-11-14-24-20(29)19(16-12-9-10-13-18(16)28)26(7-2)21(30)17(15-27)25-22(31)32-23(3,4)5/h2,9-10,12-13,17,19,27-28H,6,8,11,14-15H2,1,3-5H3,(H,24,29)(H,25,31). The highest BCUT2D eigenvalue weighted by molar-refractivity contribution is 5.93. The Bertz CT molecular complexity index is 828. The maximum atomic E-state index is 13.1. The Morgan fingerprint density at radius 1 is 1.22 bits per heavy atom. The second-order valence-electron chi connectivity index (χ2n) is 8.18. The van der Waals surface area contributed by atoms with Gasteiger partial charge in [0.2, 0.25) is 5.91 Å². The number of benzene rings is 1. The van der Waals surface area contributed by atoms with E-state index in [0.29, 0.717) is 6.54 Å². The van der Waals surface area contributed by atoms with Crippen molar-refractivity contribution < 1.29 is 29.3 Å². The molecule has 0 saturated carbocycles. The first-order valence-corrected chi connectivity index (χ1v) is 10.5. The van der Waals surface area contributed by atoms with E-state index < -0.39 is 42.2 Å². The molecule has 1 rings (SSSR count). The first kappa shape index (κ1) is 26.8. The van der Waals surface area contributed by atoms with Crippen molar-refractivity contribution in [3.05, 3.63) is 29.8 Å². The summed E-state index contributed by atoms with van der Waals surface area (Å²) >= 11 is 0. The molecule has 0 fully saturated rings. The number of phenols is 1. The van der Waals surface area contributed by atoms with Crippen molar-refractivity contribution in [2.75, 3.05) is 13.2 Å². The Morgan fingerprint density at radius 3 is 2.41 bits per heavy atom. The SMILES string of the molecule is C#CN(C(=O)C(CO)NC(=O)OC(C)(C)C)C(C(=O)NCCCCC)c1ccccc1O. The van der Waals surface area contributed by atoms with E-state index in [2.05, 4.69) is 16.7 Å². The summed E-state index contributed by atoms with van der Waals surface area (Å²) in [5.74, 6) is -1.73. The number of unbranched alkanes of at least 4 members (excludes halogenated alkanes) is 2. The topological polar surface area (TPSA) is 128 Å². The molecule has 0 aliphatic heterocycles. The first-order chi connectivity index (χ1) is 15.1. The normalized spacial score (nSPS) is 12.8. The summed E-state index contributed by atoms with van der Waals surface area (Å²) in [6.45, 7) is 6.55. The molecule has 9 nitrogen and oxygen atoms in total. The van der Waals surface area contributed by atoms with Gasteiger partial charge in [0.05, 0.1) is 6.61 Å². The van der Waals surface area contributed by atoms with E-state index in [9.17, 15) is 24.6 Å². The molecule has 1 aromatic carbocycles. The number of phenolic OH excluding ortho intramolecular Hbond substituents is 1. The van der Waals surface area contributed by atoms with Gasteiger partial charge < -0.3 is 25.6 Å². The number of nitrogens with zero attached hydrogens (tertiary/aromatic N) is 1. The van der Waals surface area contributed by atoms with Crippen LogP contribution in [0, 0.1) is 12.5 Å². The molecule has 0 radical (unpaired) electrons. The van der Waals surface area contributed by atoms with Crippen LogP contribution in [0.2, 0.25) is 0 Å². The van der Waals surface area contributed by atoms with Crippen LogP contribution in [0.4, 0.5) is 4.79 Å². The van der Waals surface area contributed by atoms with Gasteiger partial charge >= 0.3 is 6.09 Å². The van der Waals surface area contributed by atoms with Crippen molar-refractivity contribution in [3.8, 4) is 18.2 Å². The number of para-hydroxylation sites is 1. The molecule has 32 heavy (non-hydrogen) atoms.